The number of hydrogen-bond donors (Lipinski definition) is 0. The molecular weight excluding hydrogens is 547 g/mol. The molecule has 0 saturated heterocycles. The van der Waals surface area contributed by atoms with E-state index in [1.807, 2.05) is 12.1 Å². The Morgan fingerprint density at radius 2 is 0.900 bits per heavy atom. The van der Waals surface area contributed by atoms with Gasteiger partial charge in [0.05, 0.1) is 22.2 Å². The monoisotopic (exact) mass is 564 g/mol. The van der Waals surface area contributed by atoms with Crippen LogP contribution in [-0.4, -0.2) is 21.9 Å². The second-order valence-corrected chi connectivity index (χ2v) is 9.69. The van der Waals surface area contributed by atoms with Crippen LogP contribution in [-0.2, 0) is 0 Å². The first-order valence-electron chi connectivity index (χ1n) is 12.2. The van der Waals surface area contributed by atoms with Gasteiger partial charge in [0.15, 0.2) is 0 Å². The first-order chi connectivity index (χ1) is 19.5. The minimum absolute atomic E-state index is 0.234. The summed E-state index contributed by atoms with van der Waals surface area (Å²) in [7, 11) is 0. The molecule has 0 aliphatic carbocycles. The Bertz CT molecular complexity index is 1770. The number of halogens is 2. The maximum absolute atomic E-state index is 13.7. The fourth-order valence-corrected chi connectivity index (χ4v) is 4.70. The molecule has 2 aromatic heterocycles. The van der Waals surface area contributed by atoms with Gasteiger partial charge in [0.25, 0.3) is 0 Å². The molecule has 2 heterocycles. The number of carbonyl (C=O) groups excluding carboxylic acids is 2. The number of benzene rings is 4. The summed E-state index contributed by atoms with van der Waals surface area (Å²) < 4.78 is 11.5. The zero-order valence-corrected chi connectivity index (χ0v) is 22.2. The minimum Gasteiger partial charge on any atom is -0.423 e. The van der Waals surface area contributed by atoms with E-state index in [1.54, 1.807) is 97.3 Å². The molecule has 6 nitrogen and oxygen atoms in total. The van der Waals surface area contributed by atoms with E-state index in [1.165, 1.54) is 0 Å². The quantitative estimate of drug-likeness (QED) is 0.155. The van der Waals surface area contributed by atoms with Crippen LogP contribution in [0.15, 0.2) is 109 Å². The average molecular weight is 565 g/mol. The number of nitrogens with zero attached hydrogens (tertiary/aromatic N) is 2. The number of fused-ring (bicyclic) bond motifs is 2. The zero-order valence-electron chi connectivity index (χ0n) is 20.7. The van der Waals surface area contributed by atoms with Gasteiger partial charge in [-0.15, -0.1) is 0 Å². The van der Waals surface area contributed by atoms with Crippen molar-refractivity contribution < 1.29 is 19.1 Å². The topological polar surface area (TPSA) is 78.4 Å². The van der Waals surface area contributed by atoms with Crippen molar-refractivity contribution in [2.75, 3.05) is 0 Å². The Balaban J connectivity index is 1.55. The fourth-order valence-electron chi connectivity index (χ4n) is 4.45. The molecule has 194 valence electrons. The van der Waals surface area contributed by atoms with Gasteiger partial charge >= 0.3 is 11.9 Å². The molecule has 0 aliphatic heterocycles. The third-order valence-electron chi connectivity index (χ3n) is 6.30. The van der Waals surface area contributed by atoms with E-state index >= 15 is 0 Å². The Hall–Kier alpha value is -4.78. The lowest BCUT2D eigenvalue weighted by molar-refractivity contribution is 0.0725. The van der Waals surface area contributed by atoms with Crippen LogP contribution in [0.4, 0.5) is 0 Å². The van der Waals surface area contributed by atoms with Crippen molar-refractivity contribution in [3.8, 4) is 22.6 Å². The molecular formula is C32H18Cl2N2O4. The molecule has 0 spiro atoms. The summed E-state index contributed by atoms with van der Waals surface area (Å²) in [5.74, 6) is -0.609. The van der Waals surface area contributed by atoms with Crippen molar-refractivity contribution in [1.29, 1.82) is 0 Å². The van der Waals surface area contributed by atoms with Crippen LogP contribution in [0.2, 0.25) is 10.0 Å². The van der Waals surface area contributed by atoms with Gasteiger partial charge < -0.3 is 9.47 Å². The smallest absolute Gasteiger partial charge is 0.344 e. The highest BCUT2D eigenvalue weighted by molar-refractivity contribution is 6.30. The molecule has 0 radical (unpaired) electrons. The molecule has 0 amide bonds. The first kappa shape index (κ1) is 25.5. The number of pyridine rings is 2. The van der Waals surface area contributed by atoms with Crippen LogP contribution in [0.5, 0.6) is 11.5 Å². The van der Waals surface area contributed by atoms with Gasteiger partial charge in [-0.2, -0.15) is 0 Å². The summed E-state index contributed by atoms with van der Waals surface area (Å²) in [6.07, 6.45) is 3.09. The van der Waals surface area contributed by atoms with Crippen LogP contribution < -0.4 is 9.47 Å². The third kappa shape index (κ3) is 4.98. The molecule has 40 heavy (non-hydrogen) atoms. The van der Waals surface area contributed by atoms with E-state index < -0.39 is 11.9 Å². The molecule has 8 heteroatoms. The number of esters is 2. The van der Waals surface area contributed by atoms with Crippen molar-refractivity contribution in [3.63, 3.8) is 0 Å². The van der Waals surface area contributed by atoms with Crippen LogP contribution >= 0.6 is 23.2 Å². The van der Waals surface area contributed by atoms with E-state index in [9.17, 15) is 9.59 Å². The van der Waals surface area contributed by atoms with Crippen molar-refractivity contribution >= 4 is 56.9 Å². The summed E-state index contributed by atoms with van der Waals surface area (Å²) in [5.41, 5.74) is 2.40. The molecule has 0 atom stereocenters. The maximum Gasteiger partial charge on any atom is 0.344 e. The van der Waals surface area contributed by atoms with Crippen molar-refractivity contribution in [2.45, 2.75) is 0 Å². The zero-order chi connectivity index (χ0) is 27.6. The summed E-state index contributed by atoms with van der Waals surface area (Å²) in [5, 5.41) is 2.15. The second kappa shape index (κ2) is 10.8. The van der Waals surface area contributed by atoms with E-state index in [0.29, 0.717) is 54.5 Å². The summed E-state index contributed by atoms with van der Waals surface area (Å²) in [6, 6.07) is 27.4. The lowest BCUT2D eigenvalue weighted by Gasteiger charge is -2.16. The highest BCUT2D eigenvalue weighted by Gasteiger charge is 2.26. The number of para-hydroxylation sites is 2. The first-order valence-corrected chi connectivity index (χ1v) is 12.9. The molecule has 0 saturated carbocycles. The molecule has 6 rings (SSSR count). The number of hydrogen-bond acceptors (Lipinski definition) is 6. The molecule has 0 fully saturated rings. The normalized spacial score (nSPS) is 10.9. The van der Waals surface area contributed by atoms with Gasteiger partial charge in [-0.05, 0) is 60.7 Å². The summed E-state index contributed by atoms with van der Waals surface area (Å²) in [6.45, 7) is 0. The predicted molar refractivity (Wildman–Crippen MR) is 155 cm³/mol. The number of carbonyl (C=O) groups is 2. The van der Waals surface area contributed by atoms with Crippen LogP contribution in [0, 0.1) is 0 Å². The van der Waals surface area contributed by atoms with Gasteiger partial charge in [-0.1, -0.05) is 59.6 Å². The lowest BCUT2D eigenvalue weighted by atomic mass is 9.93. The third-order valence-corrected chi connectivity index (χ3v) is 6.80. The van der Waals surface area contributed by atoms with E-state index in [0.717, 1.165) is 0 Å². The summed E-state index contributed by atoms with van der Waals surface area (Å²) >= 11 is 12.0. The van der Waals surface area contributed by atoms with Crippen molar-refractivity contribution in [1.82, 2.24) is 9.97 Å². The number of aromatic nitrogens is 2. The van der Waals surface area contributed by atoms with Crippen LogP contribution in [0.1, 0.15) is 20.7 Å². The maximum atomic E-state index is 13.7. The second-order valence-electron chi connectivity index (χ2n) is 8.81. The highest BCUT2D eigenvalue weighted by Crippen LogP contribution is 2.35. The summed E-state index contributed by atoms with van der Waals surface area (Å²) in [4.78, 5) is 36.6. The Morgan fingerprint density at radius 1 is 0.525 bits per heavy atom. The van der Waals surface area contributed by atoms with Crippen molar-refractivity contribution in [2.24, 2.45) is 0 Å². The van der Waals surface area contributed by atoms with Crippen LogP contribution in [0.3, 0.4) is 0 Å². The van der Waals surface area contributed by atoms with Gasteiger partial charge in [-0.25, -0.2) is 9.59 Å². The number of ether oxygens (including phenoxy) is 2. The SMILES string of the molecule is O=C(Oc1ccc(Cl)cc1)c1c(-c2cnc3ccccc3c2C(=O)Oc2ccc(Cl)cc2)cnc2ccccc12. The Kier molecular flexibility index (Phi) is 6.86. The average Bonchev–Trinajstić information content (AvgIpc) is 2.98. The standard InChI is InChI=1S/C32H18Cl2N2O4/c33-19-9-13-21(14-10-19)39-31(37)29-23-5-1-3-7-27(23)35-17-25(29)26-18-36-28-8-4-2-6-24(28)30(26)32(38)40-22-15-11-20(34)12-16-22/h1-18H. The predicted octanol–water partition coefficient (Wildman–Crippen LogP) is 8.20. The minimum atomic E-state index is -0.624. The van der Waals surface area contributed by atoms with Gasteiger partial charge in [0.2, 0.25) is 0 Å². The Labute approximate surface area is 238 Å². The molecule has 0 N–H and O–H groups in total. The van der Waals surface area contributed by atoms with Gasteiger partial charge in [0, 0.05) is 44.3 Å². The number of rotatable bonds is 5. The van der Waals surface area contributed by atoms with E-state index in [-0.39, 0.29) is 11.1 Å². The van der Waals surface area contributed by atoms with E-state index in [4.69, 9.17) is 32.7 Å². The van der Waals surface area contributed by atoms with E-state index in [2.05, 4.69) is 9.97 Å². The molecule has 0 unspecified atom stereocenters. The van der Waals surface area contributed by atoms with Crippen molar-refractivity contribution in [3.05, 3.63) is 131 Å². The van der Waals surface area contributed by atoms with Gasteiger partial charge in [-0.3, -0.25) is 9.97 Å². The van der Waals surface area contributed by atoms with Gasteiger partial charge in [0.1, 0.15) is 11.5 Å². The van der Waals surface area contributed by atoms with Crippen LogP contribution in [0.25, 0.3) is 32.9 Å². The molecule has 0 aliphatic rings. The lowest BCUT2D eigenvalue weighted by Crippen LogP contribution is -2.15. The Morgan fingerprint density at radius 3 is 1.30 bits per heavy atom. The molecule has 6 aromatic rings. The fraction of sp³-hybridized carbons (Fsp3) is 0. The largest absolute Gasteiger partial charge is 0.423 e. The highest BCUT2D eigenvalue weighted by atomic mass is 35.5. The molecule has 4 aromatic carbocycles. The molecule has 0 bridgehead atoms.